The van der Waals surface area contributed by atoms with Gasteiger partial charge in [0.25, 0.3) is 0 Å². The molecule has 0 aliphatic heterocycles. The molecular formula is C28H26FNO5S. The Labute approximate surface area is 213 Å². The molecule has 4 rings (SSSR count). The van der Waals surface area contributed by atoms with Crippen LogP contribution in [0.15, 0.2) is 83.8 Å². The van der Waals surface area contributed by atoms with Crippen molar-refractivity contribution in [2.45, 2.75) is 25.3 Å². The summed E-state index contributed by atoms with van der Waals surface area (Å²) in [6.45, 7) is 4.35. The minimum absolute atomic E-state index is 0.270. The van der Waals surface area contributed by atoms with Crippen molar-refractivity contribution in [1.29, 1.82) is 0 Å². The molecule has 0 saturated carbocycles. The molecule has 8 heteroatoms. The van der Waals surface area contributed by atoms with Crippen LogP contribution in [0.3, 0.4) is 0 Å². The number of hydrogen-bond acceptors (Lipinski definition) is 6. The van der Waals surface area contributed by atoms with Gasteiger partial charge >= 0.3 is 5.97 Å². The van der Waals surface area contributed by atoms with Crippen molar-refractivity contribution in [3.63, 3.8) is 0 Å². The minimum Gasteiger partial charge on any atom is -0.488 e. The molecule has 0 radical (unpaired) electrons. The van der Waals surface area contributed by atoms with E-state index in [9.17, 15) is 9.18 Å². The van der Waals surface area contributed by atoms with Crippen LogP contribution in [0.1, 0.15) is 28.5 Å². The molecule has 3 aromatic carbocycles. The summed E-state index contributed by atoms with van der Waals surface area (Å²) < 4.78 is 31.8. The lowest BCUT2D eigenvalue weighted by molar-refractivity contribution is -0.160. The van der Waals surface area contributed by atoms with Gasteiger partial charge in [0.05, 0.1) is 37.0 Å². The lowest BCUT2D eigenvalue weighted by Crippen LogP contribution is -2.07. The van der Waals surface area contributed by atoms with Gasteiger partial charge in [-0.25, -0.2) is 14.1 Å². The Kier molecular flexibility index (Phi) is 8.43. The molecule has 0 spiro atoms. The Morgan fingerprint density at radius 1 is 1.00 bits per heavy atom. The van der Waals surface area contributed by atoms with Crippen molar-refractivity contribution in [2.24, 2.45) is 0 Å². The first-order chi connectivity index (χ1) is 17.5. The second-order valence-electron chi connectivity index (χ2n) is 7.86. The van der Waals surface area contributed by atoms with Gasteiger partial charge in [-0.1, -0.05) is 18.2 Å². The summed E-state index contributed by atoms with van der Waals surface area (Å²) in [6, 6.07) is 23.2. The maximum atomic E-state index is 13.3. The minimum atomic E-state index is -0.371. The highest BCUT2D eigenvalue weighted by Gasteiger charge is 2.17. The van der Waals surface area contributed by atoms with E-state index in [4.69, 9.17) is 18.7 Å². The first-order valence-corrected chi connectivity index (χ1v) is 12.1. The van der Waals surface area contributed by atoms with Crippen LogP contribution < -0.4 is 4.74 Å². The molecule has 1 aromatic heterocycles. The van der Waals surface area contributed by atoms with Gasteiger partial charge in [0.2, 0.25) is 0 Å². The van der Waals surface area contributed by atoms with Gasteiger partial charge in [0.15, 0.2) is 0 Å². The number of aryl methyl sites for hydroxylation is 1. The van der Waals surface area contributed by atoms with Crippen LogP contribution in [0.5, 0.6) is 5.75 Å². The van der Waals surface area contributed by atoms with E-state index in [1.807, 2.05) is 49.4 Å². The van der Waals surface area contributed by atoms with E-state index in [0.717, 1.165) is 45.1 Å². The maximum absolute atomic E-state index is 13.3. The Morgan fingerprint density at radius 2 is 1.81 bits per heavy atom. The monoisotopic (exact) mass is 507 g/mol. The smallest absolute Gasteiger partial charge is 0.338 e. The van der Waals surface area contributed by atoms with Gasteiger partial charge < -0.3 is 14.0 Å². The van der Waals surface area contributed by atoms with Gasteiger partial charge in [-0.05, 0) is 80.1 Å². The predicted molar refractivity (Wildman–Crippen MR) is 137 cm³/mol. The Hall–Kier alpha value is -3.59. The van der Waals surface area contributed by atoms with E-state index in [1.54, 1.807) is 31.2 Å². The zero-order chi connectivity index (χ0) is 25.5. The predicted octanol–water partition coefficient (Wildman–Crippen LogP) is 6.93. The molecule has 6 nitrogen and oxygen atoms in total. The molecule has 1 heterocycles. The summed E-state index contributed by atoms with van der Waals surface area (Å²) in [7, 11) is 1.44. The molecule has 36 heavy (non-hydrogen) atoms. The number of rotatable bonds is 10. The molecule has 0 aliphatic rings. The lowest BCUT2D eigenvalue weighted by Gasteiger charge is -2.17. The van der Waals surface area contributed by atoms with Crippen LogP contribution in [0, 0.1) is 12.7 Å². The van der Waals surface area contributed by atoms with Gasteiger partial charge in [-0.2, -0.15) is 4.33 Å². The van der Waals surface area contributed by atoms with Gasteiger partial charge in [0.1, 0.15) is 18.2 Å². The molecule has 0 bridgehead atoms. The average molecular weight is 508 g/mol. The number of benzene rings is 3. The first kappa shape index (κ1) is 25.5. The van der Waals surface area contributed by atoms with Gasteiger partial charge in [-0.3, -0.25) is 0 Å². The fourth-order valence-corrected chi connectivity index (χ4v) is 4.22. The molecule has 4 aromatic rings. The quantitative estimate of drug-likeness (QED) is 0.100. The fourth-order valence-electron chi connectivity index (χ4n) is 3.78. The molecule has 186 valence electrons. The van der Waals surface area contributed by atoms with E-state index in [0.29, 0.717) is 17.9 Å². The number of halogens is 1. The summed E-state index contributed by atoms with van der Waals surface area (Å²) >= 11 is 1.08. The Bertz CT molecular complexity index is 1340. The Balaban J connectivity index is 1.75. The normalized spacial score (nSPS) is 10.9. The number of ether oxygens (including phenoxy) is 2. The highest BCUT2D eigenvalue weighted by atomic mass is 32.2. The number of esters is 1. The third-order valence-electron chi connectivity index (χ3n) is 5.42. The lowest BCUT2D eigenvalue weighted by atomic mass is 10.1. The van der Waals surface area contributed by atoms with Gasteiger partial charge in [-0.15, -0.1) is 0 Å². The summed E-state index contributed by atoms with van der Waals surface area (Å²) in [5, 5.41) is 0. The van der Waals surface area contributed by atoms with Crippen LogP contribution in [0.2, 0.25) is 0 Å². The third-order valence-corrected chi connectivity index (χ3v) is 6.07. The van der Waals surface area contributed by atoms with Crippen LogP contribution in [0.4, 0.5) is 4.39 Å². The van der Waals surface area contributed by atoms with Crippen molar-refractivity contribution < 1.29 is 27.9 Å². The molecule has 0 atom stereocenters. The van der Waals surface area contributed by atoms with E-state index in [1.165, 1.54) is 19.2 Å². The van der Waals surface area contributed by atoms with E-state index >= 15 is 0 Å². The summed E-state index contributed by atoms with van der Waals surface area (Å²) in [4.78, 5) is 17.9. The van der Waals surface area contributed by atoms with E-state index < -0.39 is 0 Å². The Morgan fingerprint density at radius 3 is 2.56 bits per heavy atom. The molecule has 0 saturated heterocycles. The van der Waals surface area contributed by atoms with Crippen LogP contribution in [0.25, 0.3) is 16.9 Å². The maximum Gasteiger partial charge on any atom is 0.338 e. The third kappa shape index (κ3) is 5.96. The number of carbonyl (C=O) groups excluding carboxylic acids is 1. The van der Waals surface area contributed by atoms with Crippen molar-refractivity contribution in [1.82, 2.24) is 4.57 Å². The molecule has 0 amide bonds. The number of carbonyl (C=O) groups is 1. The average Bonchev–Trinajstić information content (AvgIpc) is 3.28. The molecule has 0 N–H and O–H groups in total. The zero-order valence-electron chi connectivity index (χ0n) is 20.2. The highest BCUT2D eigenvalue weighted by Crippen LogP contribution is 2.37. The van der Waals surface area contributed by atoms with Crippen LogP contribution >= 0.6 is 12.0 Å². The second kappa shape index (κ2) is 11.9. The molecule has 0 unspecified atom stereocenters. The number of nitrogens with zero attached hydrogens (tertiary/aromatic N) is 1. The second-order valence-corrected chi connectivity index (χ2v) is 8.63. The first-order valence-electron chi connectivity index (χ1n) is 11.3. The highest BCUT2D eigenvalue weighted by molar-refractivity contribution is 7.94. The van der Waals surface area contributed by atoms with Gasteiger partial charge in [0, 0.05) is 21.8 Å². The summed E-state index contributed by atoms with van der Waals surface area (Å²) in [5.74, 6) is -0.0246. The number of hydrogen-bond donors (Lipinski definition) is 0. The van der Waals surface area contributed by atoms with E-state index in [2.05, 4.69) is 4.57 Å². The van der Waals surface area contributed by atoms with Crippen LogP contribution in [-0.2, 0) is 20.6 Å². The van der Waals surface area contributed by atoms with Crippen molar-refractivity contribution in [3.05, 3.63) is 102 Å². The topological polar surface area (TPSA) is 58.9 Å². The largest absolute Gasteiger partial charge is 0.488 e. The zero-order valence-corrected chi connectivity index (χ0v) is 21.0. The summed E-state index contributed by atoms with van der Waals surface area (Å²) in [5.41, 5.74) is 4.78. The molecule has 0 fully saturated rings. The van der Waals surface area contributed by atoms with Crippen molar-refractivity contribution in [3.8, 4) is 22.7 Å². The van der Waals surface area contributed by atoms with Crippen molar-refractivity contribution in [2.75, 3.05) is 13.7 Å². The van der Waals surface area contributed by atoms with E-state index in [-0.39, 0.29) is 18.4 Å². The summed E-state index contributed by atoms with van der Waals surface area (Å²) in [6.07, 6.45) is 0. The standard InChI is InChI=1S/C28H26FNO5S/c1-4-33-28(31)21-6-5-7-23(16-21)30-19(2)8-14-26(30)25-17-24(36-35-32-3)13-15-27(25)34-18-20-9-11-22(29)12-10-20/h5-17H,4,18H2,1-3H3. The number of aromatic nitrogens is 1. The molecular weight excluding hydrogens is 481 g/mol. The SMILES string of the molecule is CCOC(=O)c1cccc(-n2c(C)ccc2-c2cc(SOOC)ccc2OCc2ccc(F)cc2)c1. The molecule has 0 aliphatic carbocycles. The van der Waals surface area contributed by atoms with Crippen LogP contribution in [-0.4, -0.2) is 24.3 Å². The van der Waals surface area contributed by atoms with Crippen molar-refractivity contribution >= 4 is 18.0 Å². The fraction of sp³-hybridized carbons (Fsp3) is 0.179.